The molecule has 0 aromatic heterocycles. The van der Waals surface area contributed by atoms with Crippen LogP contribution in [0.25, 0.3) is 0 Å². The Morgan fingerprint density at radius 2 is 1.89 bits per heavy atom. The average Bonchev–Trinajstić information content (AvgIpc) is 2.35. The van der Waals surface area contributed by atoms with Crippen LogP contribution < -0.4 is 11.3 Å². The number of hydrazine groups is 1. The van der Waals surface area contributed by atoms with Gasteiger partial charge in [0, 0.05) is 5.56 Å². The van der Waals surface area contributed by atoms with E-state index in [1.165, 1.54) is 0 Å². The van der Waals surface area contributed by atoms with Crippen molar-refractivity contribution in [3.63, 3.8) is 0 Å². The molecule has 0 spiro atoms. The van der Waals surface area contributed by atoms with Crippen molar-refractivity contribution in [1.29, 1.82) is 0 Å². The predicted molar refractivity (Wildman–Crippen MR) is 66.7 cm³/mol. The first-order valence-electron chi connectivity index (χ1n) is 5.59. The summed E-state index contributed by atoms with van der Waals surface area (Å²) in [6, 6.07) is 10.3. The van der Waals surface area contributed by atoms with Crippen molar-refractivity contribution in [2.75, 3.05) is 0 Å². The van der Waals surface area contributed by atoms with Gasteiger partial charge in [-0.05, 0) is 30.7 Å². The van der Waals surface area contributed by atoms with Crippen molar-refractivity contribution in [2.24, 2.45) is 5.84 Å². The monoisotopic (exact) mass is 248 g/mol. The zero-order valence-corrected chi connectivity index (χ0v) is 9.95. The minimum Gasteiger partial charge on any atom is -0.271 e. The van der Waals surface area contributed by atoms with Gasteiger partial charge in [0.15, 0.2) is 0 Å². The molecule has 1 atom stereocenters. The van der Waals surface area contributed by atoms with Crippen molar-refractivity contribution in [2.45, 2.75) is 13.0 Å². The summed E-state index contributed by atoms with van der Waals surface area (Å²) < 4.78 is 26.9. The molecule has 2 nitrogen and oxygen atoms in total. The second kappa shape index (κ2) is 5.25. The van der Waals surface area contributed by atoms with Crippen LogP contribution in [-0.2, 0) is 0 Å². The summed E-state index contributed by atoms with van der Waals surface area (Å²) in [6.07, 6.45) is 0. The fraction of sp³-hybridized carbons (Fsp3) is 0.143. The minimum atomic E-state index is -0.569. The molecule has 2 aromatic rings. The summed E-state index contributed by atoms with van der Waals surface area (Å²) in [7, 11) is 0. The second-order valence-corrected chi connectivity index (χ2v) is 4.18. The molecule has 0 saturated carbocycles. The van der Waals surface area contributed by atoms with Gasteiger partial charge < -0.3 is 0 Å². The quantitative estimate of drug-likeness (QED) is 0.647. The molecule has 2 rings (SSSR count). The Morgan fingerprint density at radius 3 is 2.56 bits per heavy atom. The Kier molecular flexibility index (Phi) is 3.69. The molecule has 3 N–H and O–H groups in total. The largest absolute Gasteiger partial charge is 0.271 e. The van der Waals surface area contributed by atoms with E-state index in [1.807, 2.05) is 31.2 Å². The Bertz CT molecular complexity index is 555. The zero-order chi connectivity index (χ0) is 13.1. The lowest BCUT2D eigenvalue weighted by Crippen LogP contribution is -2.29. The molecule has 0 fully saturated rings. The molecule has 2 aromatic carbocycles. The van der Waals surface area contributed by atoms with Gasteiger partial charge in [0.25, 0.3) is 0 Å². The SMILES string of the molecule is Cc1cccc(C(NN)c2cc(F)ccc2F)c1. The summed E-state index contributed by atoms with van der Waals surface area (Å²) in [5.74, 6) is 4.49. The molecule has 0 radical (unpaired) electrons. The third-order valence-electron chi connectivity index (χ3n) is 2.81. The predicted octanol–water partition coefficient (Wildman–Crippen LogP) is 2.83. The number of hydrogen-bond donors (Lipinski definition) is 2. The summed E-state index contributed by atoms with van der Waals surface area (Å²) in [5, 5.41) is 0. The van der Waals surface area contributed by atoms with Crippen LogP contribution in [0, 0.1) is 18.6 Å². The van der Waals surface area contributed by atoms with Gasteiger partial charge in [-0.1, -0.05) is 29.8 Å². The fourth-order valence-corrected chi connectivity index (χ4v) is 1.95. The lowest BCUT2D eigenvalue weighted by molar-refractivity contribution is 0.545. The number of nitrogens with one attached hydrogen (secondary N) is 1. The Morgan fingerprint density at radius 1 is 1.11 bits per heavy atom. The van der Waals surface area contributed by atoms with Crippen LogP contribution in [0.1, 0.15) is 22.7 Å². The van der Waals surface area contributed by atoms with Gasteiger partial charge in [0.1, 0.15) is 11.6 Å². The minimum absolute atomic E-state index is 0.197. The number of hydrogen-bond acceptors (Lipinski definition) is 2. The summed E-state index contributed by atoms with van der Waals surface area (Å²) >= 11 is 0. The van der Waals surface area contributed by atoms with Crippen LogP contribution in [0.15, 0.2) is 42.5 Å². The summed E-state index contributed by atoms with van der Waals surface area (Å²) in [4.78, 5) is 0. The van der Waals surface area contributed by atoms with E-state index in [-0.39, 0.29) is 5.56 Å². The van der Waals surface area contributed by atoms with Crippen molar-refractivity contribution >= 4 is 0 Å². The number of rotatable bonds is 3. The van der Waals surface area contributed by atoms with E-state index < -0.39 is 17.7 Å². The third-order valence-corrected chi connectivity index (χ3v) is 2.81. The van der Waals surface area contributed by atoms with Crippen LogP contribution in [0.5, 0.6) is 0 Å². The van der Waals surface area contributed by atoms with Crippen molar-refractivity contribution in [3.05, 3.63) is 70.8 Å². The Balaban J connectivity index is 2.48. The maximum absolute atomic E-state index is 13.7. The third kappa shape index (κ3) is 2.55. The molecule has 0 amide bonds. The molecular weight excluding hydrogens is 234 g/mol. The first-order chi connectivity index (χ1) is 8.61. The topological polar surface area (TPSA) is 38.0 Å². The van der Waals surface area contributed by atoms with Gasteiger partial charge in [-0.2, -0.15) is 0 Å². The lowest BCUT2D eigenvalue weighted by atomic mass is 9.97. The molecule has 4 heteroatoms. The number of nitrogens with two attached hydrogens (primary N) is 1. The van der Waals surface area contributed by atoms with E-state index in [4.69, 9.17) is 5.84 Å². The smallest absolute Gasteiger partial charge is 0.128 e. The highest BCUT2D eigenvalue weighted by molar-refractivity contribution is 5.34. The number of benzene rings is 2. The molecule has 0 aliphatic heterocycles. The standard InChI is InChI=1S/C14H14F2N2/c1-9-3-2-4-10(7-9)14(18-17)12-8-11(15)5-6-13(12)16/h2-8,14,18H,17H2,1H3. The first kappa shape index (κ1) is 12.7. The van der Waals surface area contributed by atoms with Gasteiger partial charge in [-0.3, -0.25) is 5.84 Å². The van der Waals surface area contributed by atoms with Crippen LogP contribution in [0.2, 0.25) is 0 Å². The Hall–Kier alpha value is -1.78. The van der Waals surface area contributed by atoms with Gasteiger partial charge in [-0.15, -0.1) is 0 Å². The highest BCUT2D eigenvalue weighted by atomic mass is 19.1. The van der Waals surface area contributed by atoms with Gasteiger partial charge in [-0.25, -0.2) is 14.2 Å². The van der Waals surface area contributed by atoms with Gasteiger partial charge >= 0.3 is 0 Å². The van der Waals surface area contributed by atoms with Gasteiger partial charge in [0.05, 0.1) is 6.04 Å². The highest BCUT2D eigenvalue weighted by Crippen LogP contribution is 2.25. The number of halogens is 2. The molecule has 0 aliphatic rings. The second-order valence-electron chi connectivity index (χ2n) is 4.18. The maximum Gasteiger partial charge on any atom is 0.128 e. The lowest BCUT2D eigenvalue weighted by Gasteiger charge is -2.18. The molecule has 18 heavy (non-hydrogen) atoms. The molecule has 0 aliphatic carbocycles. The maximum atomic E-state index is 13.7. The molecule has 1 unspecified atom stereocenters. The Labute approximate surface area is 104 Å². The molecule has 94 valence electrons. The van der Waals surface area contributed by atoms with E-state index in [0.29, 0.717) is 0 Å². The van der Waals surface area contributed by atoms with Crippen molar-refractivity contribution < 1.29 is 8.78 Å². The highest BCUT2D eigenvalue weighted by Gasteiger charge is 2.17. The van der Waals surface area contributed by atoms with E-state index >= 15 is 0 Å². The van der Waals surface area contributed by atoms with Gasteiger partial charge in [0.2, 0.25) is 0 Å². The summed E-state index contributed by atoms with van der Waals surface area (Å²) in [5.41, 5.74) is 4.55. The van der Waals surface area contributed by atoms with E-state index in [0.717, 1.165) is 29.3 Å². The van der Waals surface area contributed by atoms with Crippen LogP contribution in [-0.4, -0.2) is 0 Å². The summed E-state index contributed by atoms with van der Waals surface area (Å²) in [6.45, 7) is 1.93. The van der Waals surface area contributed by atoms with E-state index in [2.05, 4.69) is 5.43 Å². The fourth-order valence-electron chi connectivity index (χ4n) is 1.95. The van der Waals surface area contributed by atoms with Crippen LogP contribution in [0.4, 0.5) is 8.78 Å². The van der Waals surface area contributed by atoms with Crippen LogP contribution in [0.3, 0.4) is 0 Å². The molecular formula is C14H14F2N2. The molecule has 0 bridgehead atoms. The zero-order valence-electron chi connectivity index (χ0n) is 9.95. The van der Waals surface area contributed by atoms with Crippen molar-refractivity contribution in [1.82, 2.24) is 5.43 Å². The average molecular weight is 248 g/mol. The van der Waals surface area contributed by atoms with E-state index in [1.54, 1.807) is 0 Å². The van der Waals surface area contributed by atoms with Crippen LogP contribution >= 0.6 is 0 Å². The molecule has 0 heterocycles. The normalized spacial score (nSPS) is 12.4. The molecule has 0 saturated heterocycles. The van der Waals surface area contributed by atoms with E-state index in [9.17, 15) is 8.78 Å². The first-order valence-corrected chi connectivity index (χ1v) is 5.59. The van der Waals surface area contributed by atoms with Crippen molar-refractivity contribution in [3.8, 4) is 0 Å². The number of aryl methyl sites for hydroxylation is 1.